The summed E-state index contributed by atoms with van der Waals surface area (Å²) in [6, 6.07) is 10.8. The molecule has 5 heteroatoms. The molecule has 1 N–H and O–H groups in total. The van der Waals surface area contributed by atoms with Gasteiger partial charge in [0.1, 0.15) is 5.75 Å². The number of esters is 1. The monoisotopic (exact) mass is 355 g/mol. The van der Waals surface area contributed by atoms with Gasteiger partial charge < -0.3 is 14.8 Å². The number of hydrogen-bond donors (Lipinski definition) is 1. The van der Waals surface area contributed by atoms with Crippen molar-refractivity contribution in [1.82, 2.24) is 0 Å². The summed E-state index contributed by atoms with van der Waals surface area (Å²) in [6.45, 7) is 9.59. The second-order valence-corrected chi connectivity index (χ2v) is 6.20. The number of hydrogen-bond acceptors (Lipinski definition) is 4. The first-order valence-electron chi connectivity index (χ1n) is 8.65. The molecule has 1 atom stereocenters. The van der Waals surface area contributed by atoms with Crippen molar-refractivity contribution in [3.8, 4) is 5.75 Å². The molecule has 0 aliphatic heterocycles. The molecule has 0 radical (unpaired) electrons. The van der Waals surface area contributed by atoms with Gasteiger partial charge in [-0.05, 0) is 75.6 Å². The molecule has 0 fully saturated rings. The fraction of sp³-hybridized carbons (Fsp3) is 0.333. The van der Waals surface area contributed by atoms with Crippen LogP contribution < -0.4 is 10.1 Å². The molecular weight excluding hydrogens is 330 g/mol. The number of aryl methyl sites for hydroxylation is 2. The van der Waals surface area contributed by atoms with Gasteiger partial charge in [0.2, 0.25) is 0 Å². The molecule has 138 valence electrons. The second-order valence-electron chi connectivity index (χ2n) is 6.20. The normalized spacial score (nSPS) is 11.6. The molecule has 2 aromatic rings. The average Bonchev–Trinajstić information content (AvgIpc) is 2.60. The van der Waals surface area contributed by atoms with Crippen LogP contribution >= 0.6 is 0 Å². The molecule has 0 aliphatic rings. The average molecular weight is 355 g/mol. The minimum Gasteiger partial charge on any atom is -0.481 e. The van der Waals surface area contributed by atoms with Gasteiger partial charge in [-0.2, -0.15) is 0 Å². The van der Waals surface area contributed by atoms with Crippen LogP contribution in [0.5, 0.6) is 5.75 Å². The van der Waals surface area contributed by atoms with Crippen LogP contribution in [-0.4, -0.2) is 24.6 Å². The van der Waals surface area contributed by atoms with Gasteiger partial charge >= 0.3 is 5.97 Å². The summed E-state index contributed by atoms with van der Waals surface area (Å²) >= 11 is 0. The second kappa shape index (κ2) is 8.52. The Balaban J connectivity index is 2.07. The van der Waals surface area contributed by atoms with Crippen LogP contribution in [0.1, 0.15) is 40.9 Å². The summed E-state index contributed by atoms with van der Waals surface area (Å²) in [7, 11) is 0. The van der Waals surface area contributed by atoms with E-state index in [1.165, 1.54) is 0 Å². The van der Waals surface area contributed by atoms with Crippen LogP contribution in [0.25, 0.3) is 0 Å². The lowest BCUT2D eigenvalue weighted by Gasteiger charge is -2.18. The molecule has 0 aromatic heterocycles. The number of ether oxygens (including phenoxy) is 2. The first-order valence-corrected chi connectivity index (χ1v) is 8.65. The lowest BCUT2D eigenvalue weighted by molar-refractivity contribution is -0.122. The molecule has 0 heterocycles. The van der Waals surface area contributed by atoms with Crippen molar-refractivity contribution in [2.45, 2.75) is 40.7 Å². The lowest BCUT2D eigenvalue weighted by atomic mass is 10.1. The number of nitrogens with one attached hydrogen (secondary N) is 1. The Labute approximate surface area is 154 Å². The van der Waals surface area contributed by atoms with Crippen LogP contribution in [0, 0.1) is 20.8 Å². The molecule has 0 saturated heterocycles. The largest absolute Gasteiger partial charge is 0.481 e. The third-order valence-electron chi connectivity index (χ3n) is 4.22. The fourth-order valence-electron chi connectivity index (χ4n) is 2.48. The van der Waals surface area contributed by atoms with Gasteiger partial charge in [0.15, 0.2) is 6.10 Å². The van der Waals surface area contributed by atoms with Gasteiger partial charge in [-0.1, -0.05) is 12.1 Å². The molecule has 0 saturated carbocycles. The molecule has 0 spiro atoms. The summed E-state index contributed by atoms with van der Waals surface area (Å²) in [6.07, 6.45) is -0.653. The summed E-state index contributed by atoms with van der Waals surface area (Å²) < 4.78 is 10.8. The van der Waals surface area contributed by atoms with Gasteiger partial charge in [-0.15, -0.1) is 0 Å². The van der Waals surface area contributed by atoms with Crippen LogP contribution in [0.2, 0.25) is 0 Å². The van der Waals surface area contributed by atoms with Gasteiger partial charge in [0, 0.05) is 5.69 Å². The lowest BCUT2D eigenvalue weighted by Crippen LogP contribution is -2.30. The zero-order valence-electron chi connectivity index (χ0n) is 15.9. The zero-order valence-corrected chi connectivity index (χ0v) is 15.9. The van der Waals surface area contributed by atoms with Gasteiger partial charge in [-0.3, -0.25) is 4.79 Å². The number of rotatable bonds is 6. The predicted octanol–water partition coefficient (Wildman–Crippen LogP) is 4.19. The molecule has 5 nitrogen and oxygen atoms in total. The van der Waals surface area contributed by atoms with Crippen molar-refractivity contribution in [3.05, 3.63) is 58.7 Å². The Hall–Kier alpha value is -2.82. The van der Waals surface area contributed by atoms with Crippen molar-refractivity contribution in [2.24, 2.45) is 0 Å². The SMILES string of the molecule is CCOC(=O)c1ccc(NC(=O)[C@H](C)Oc2cccc(C)c2C)c(C)c1. The Morgan fingerprint density at radius 3 is 2.46 bits per heavy atom. The van der Waals surface area contributed by atoms with E-state index in [1.54, 1.807) is 32.0 Å². The van der Waals surface area contributed by atoms with E-state index in [4.69, 9.17) is 9.47 Å². The standard InChI is InChI=1S/C21H25NO4/c1-6-25-21(24)17-10-11-18(14(3)12-17)22-20(23)16(5)26-19-9-7-8-13(2)15(19)4/h7-12,16H,6H2,1-5H3,(H,22,23)/t16-/m0/s1. The first kappa shape index (κ1) is 19.5. The van der Waals surface area contributed by atoms with E-state index in [1.807, 2.05) is 39.0 Å². The Bertz CT molecular complexity index is 814. The van der Waals surface area contributed by atoms with Gasteiger partial charge in [-0.25, -0.2) is 4.79 Å². The third kappa shape index (κ3) is 4.63. The topological polar surface area (TPSA) is 64.6 Å². The molecular formula is C21H25NO4. The molecule has 0 aliphatic carbocycles. The van der Waals surface area contributed by atoms with E-state index in [2.05, 4.69) is 5.32 Å². The van der Waals surface area contributed by atoms with Crippen LogP contribution in [0.15, 0.2) is 36.4 Å². The maximum Gasteiger partial charge on any atom is 0.338 e. The Morgan fingerprint density at radius 2 is 1.81 bits per heavy atom. The number of carbonyl (C=O) groups excluding carboxylic acids is 2. The molecule has 0 unspecified atom stereocenters. The van der Waals surface area contributed by atoms with Crippen molar-refractivity contribution < 1.29 is 19.1 Å². The first-order chi connectivity index (χ1) is 12.3. The van der Waals surface area contributed by atoms with Crippen molar-refractivity contribution >= 4 is 17.6 Å². The minimum absolute atomic E-state index is 0.252. The van der Waals surface area contributed by atoms with E-state index < -0.39 is 6.10 Å². The quantitative estimate of drug-likeness (QED) is 0.789. The third-order valence-corrected chi connectivity index (χ3v) is 4.22. The van der Waals surface area contributed by atoms with Crippen molar-refractivity contribution in [2.75, 3.05) is 11.9 Å². The van der Waals surface area contributed by atoms with Crippen LogP contribution in [0.4, 0.5) is 5.69 Å². The smallest absolute Gasteiger partial charge is 0.338 e. The molecule has 0 bridgehead atoms. The van der Waals surface area contributed by atoms with Crippen molar-refractivity contribution in [3.63, 3.8) is 0 Å². The van der Waals surface area contributed by atoms with Crippen LogP contribution in [-0.2, 0) is 9.53 Å². The predicted molar refractivity (Wildman–Crippen MR) is 102 cm³/mol. The molecule has 1 amide bonds. The maximum atomic E-state index is 12.5. The van der Waals surface area contributed by atoms with Crippen molar-refractivity contribution in [1.29, 1.82) is 0 Å². The summed E-state index contributed by atoms with van der Waals surface area (Å²) in [5.74, 6) is 0.0695. The van der Waals surface area contributed by atoms with E-state index in [9.17, 15) is 9.59 Å². The van der Waals surface area contributed by atoms with E-state index in [-0.39, 0.29) is 11.9 Å². The molecule has 26 heavy (non-hydrogen) atoms. The van der Waals surface area contributed by atoms with E-state index >= 15 is 0 Å². The molecule has 2 aromatic carbocycles. The maximum absolute atomic E-state index is 12.5. The highest BCUT2D eigenvalue weighted by Gasteiger charge is 2.17. The highest BCUT2D eigenvalue weighted by Crippen LogP contribution is 2.23. The number of amides is 1. The zero-order chi connectivity index (χ0) is 19.3. The number of carbonyl (C=O) groups is 2. The number of benzene rings is 2. The molecule has 2 rings (SSSR count). The van der Waals surface area contributed by atoms with Gasteiger partial charge in [0.05, 0.1) is 12.2 Å². The Morgan fingerprint density at radius 1 is 1.08 bits per heavy atom. The summed E-state index contributed by atoms with van der Waals surface area (Å²) in [4.78, 5) is 24.2. The van der Waals surface area contributed by atoms with E-state index in [0.29, 0.717) is 23.6 Å². The number of anilines is 1. The minimum atomic E-state index is -0.653. The van der Waals surface area contributed by atoms with Gasteiger partial charge in [0.25, 0.3) is 5.91 Å². The van der Waals surface area contributed by atoms with E-state index in [0.717, 1.165) is 16.7 Å². The highest BCUT2D eigenvalue weighted by molar-refractivity contribution is 5.96. The Kier molecular flexibility index (Phi) is 6.39. The highest BCUT2D eigenvalue weighted by atomic mass is 16.5. The summed E-state index contributed by atoms with van der Waals surface area (Å²) in [5.41, 5.74) is 4.01. The fourth-order valence-corrected chi connectivity index (χ4v) is 2.48. The van der Waals surface area contributed by atoms with Crippen LogP contribution in [0.3, 0.4) is 0 Å². The summed E-state index contributed by atoms with van der Waals surface area (Å²) in [5, 5.41) is 2.85.